The van der Waals surface area contributed by atoms with Gasteiger partial charge in [0, 0.05) is 12.3 Å². The third kappa shape index (κ3) is 2.13. The van der Waals surface area contributed by atoms with Gasteiger partial charge in [-0.3, -0.25) is 0 Å². The van der Waals surface area contributed by atoms with Crippen molar-refractivity contribution >= 4 is 5.69 Å². The van der Waals surface area contributed by atoms with Crippen LogP contribution in [0.25, 0.3) is 0 Å². The van der Waals surface area contributed by atoms with Crippen molar-refractivity contribution in [3.8, 4) is 0 Å². The van der Waals surface area contributed by atoms with Gasteiger partial charge in [0.25, 0.3) is 0 Å². The number of rotatable bonds is 2. The first kappa shape index (κ1) is 12.0. The zero-order valence-electron chi connectivity index (χ0n) is 10.6. The van der Waals surface area contributed by atoms with Crippen molar-refractivity contribution in [2.45, 2.75) is 49.9 Å². The highest BCUT2D eigenvalue weighted by Crippen LogP contribution is 2.38. The van der Waals surface area contributed by atoms with Crippen LogP contribution in [0.2, 0.25) is 0 Å². The van der Waals surface area contributed by atoms with Crippen LogP contribution in [0.4, 0.5) is 5.69 Å². The summed E-state index contributed by atoms with van der Waals surface area (Å²) in [7, 11) is 0. The fraction of sp³-hybridized carbons (Fsp3) is 0.600. The maximum atomic E-state index is 10.9. The first-order valence-corrected chi connectivity index (χ1v) is 6.94. The summed E-state index contributed by atoms with van der Waals surface area (Å²) in [6.07, 6.45) is 4.95. The first-order chi connectivity index (χ1) is 8.79. The van der Waals surface area contributed by atoms with Crippen LogP contribution in [0.15, 0.2) is 30.3 Å². The summed E-state index contributed by atoms with van der Waals surface area (Å²) in [6, 6.07) is 10.3. The molecule has 1 aliphatic carbocycles. The average Bonchev–Trinajstić information content (AvgIpc) is 2.41. The molecule has 1 aliphatic heterocycles. The highest BCUT2D eigenvalue weighted by Gasteiger charge is 2.48. The maximum absolute atomic E-state index is 10.9. The van der Waals surface area contributed by atoms with E-state index >= 15 is 0 Å². The van der Waals surface area contributed by atoms with Gasteiger partial charge < -0.3 is 15.2 Å². The van der Waals surface area contributed by atoms with Crippen LogP contribution in [-0.4, -0.2) is 29.5 Å². The summed E-state index contributed by atoms with van der Waals surface area (Å²) < 4.78 is 5.76. The quantitative estimate of drug-likeness (QED) is 0.844. The van der Waals surface area contributed by atoms with E-state index < -0.39 is 5.60 Å². The normalized spacial score (nSPS) is 35.8. The molecule has 3 nitrogen and oxygen atoms in total. The Morgan fingerprint density at radius 1 is 1.17 bits per heavy atom. The molecule has 1 aromatic rings. The Labute approximate surface area is 108 Å². The molecular weight excluding hydrogens is 226 g/mol. The first-order valence-electron chi connectivity index (χ1n) is 6.94. The highest BCUT2D eigenvalue weighted by molar-refractivity contribution is 5.44. The van der Waals surface area contributed by atoms with Crippen LogP contribution in [0.1, 0.15) is 32.1 Å². The van der Waals surface area contributed by atoms with Gasteiger partial charge in [-0.05, 0) is 44.2 Å². The molecule has 0 radical (unpaired) electrons. The Balaban J connectivity index is 1.78. The lowest BCUT2D eigenvalue weighted by molar-refractivity contribution is -0.168. The van der Waals surface area contributed by atoms with Crippen molar-refractivity contribution in [1.82, 2.24) is 0 Å². The molecule has 2 N–H and O–H groups in total. The maximum Gasteiger partial charge on any atom is 0.111 e. The number of aliphatic hydroxyl groups is 1. The van der Waals surface area contributed by atoms with Gasteiger partial charge in [-0.1, -0.05) is 18.2 Å². The lowest BCUT2D eigenvalue weighted by Crippen LogP contribution is -2.60. The van der Waals surface area contributed by atoms with Gasteiger partial charge in [0.2, 0.25) is 0 Å². The molecule has 1 aromatic carbocycles. The van der Waals surface area contributed by atoms with E-state index in [1.165, 1.54) is 0 Å². The fourth-order valence-electron chi connectivity index (χ4n) is 3.31. The van der Waals surface area contributed by atoms with Crippen LogP contribution in [0.3, 0.4) is 0 Å². The number of hydrogen-bond acceptors (Lipinski definition) is 3. The summed E-state index contributed by atoms with van der Waals surface area (Å²) in [5, 5.41) is 14.4. The van der Waals surface area contributed by atoms with Crippen molar-refractivity contribution in [2.24, 2.45) is 0 Å². The number of benzene rings is 1. The predicted octanol–water partition coefficient (Wildman–Crippen LogP) is 2.56. The van der Waals surface area contributed by atoms with E-state index in [1.807, 2.05) is 18.2 Å². The zero-order valence-corrected chi connectivity index (χ0v) is 10.6. The fourth-order valence-corrected chi connectivity index (χ4v) is 3.31. The lowest BCUT2D eigenvalue weighted by atomic mass is 9.74. The number of para-hydroxylation sites is 1. The monoisotopic (exact) mass is 247 g/mol. The van der Waals surface area contributed by atoms with E-state index in [0.29, 0.717) is 0 Å². The van der Waals surface area contributed by atoms with E-state index in [9.17, 15) is 5.11 Å². The molecule has 1 saturated heterocycles. The second-order valence-electron chi connectivity index (χ2n) is 5.45. The number of fused-ring (bicyclic) bond motifs is 1. The smallest absolute Gasteiger partial charge is 0.111 e. The molecule has 0 amide bonds. The number of ether oxygens (including phenoxy) is 1. The van der Waals surface area contributed by atoms with Crippen LogP contribution in [0.5, 0.6) is 0 Å². The second kappa shape index (κ2) is 4.90. The molecule has 0 spiro atoms. The van der Waals surface area contributed by atoms with Crippen LogP contribution < -0.4 is 5.32 Å². The molecule has 3 atom stereocenters. The van der Waals surface area contributed by atoms with Crippen molar-refractivity contribution < 1.29 is 9.84 Å². The van der Waals surface area contributed by atoms with Gasteiger partial charge in [-0.25, -0.2) is 0 Å². The number of anilines is 1. The molecule has 1 saturated carbocycles. The Morgan fingerprint density at radius 3 is 2.83 bits per heavy atom. The minimum atomic E-state index is -0.688. The molecule has 2 fully saturated rings. The predicted molar refractivity (Wildman–Crippen MR) is 71.6 cm³/mol. The van der Waals surface area contributed by atoms with Crippen molar-refractivity contribution in [1.29, 1.82) is 0 Å². The van der Waals surface area contributed by atoms with E-state index in [4.69, 9.17) is 4.74 Å². The molecule has 1 heterocycles. The van der Waals surface area contributed by atoms with Gasteiger partial charge in [0.15, 0.2) is 0 Å². The summed E-state index contributed by atoms with van der Waals surface area (Å²) in [5.74, 6) is 0. The topological polar surface area (TPSA) is 41.5 Å². The second-order valence-corrected chi connectivity index (χ2v) is 5.45. The largest absolute Gasteiger partial charge is 0.385 e. The van der Waals surface area contributed by atoms with E-state index in [0.717, 1.165) is 44.4 Å². The molecule has 18 heavy (non-hydrogen) atoms. The van der Waals surface area contributed by atoms with Crippen molar-refractivity contribution in [3.05, 3.63) is 30.3 Å². The molecule has 98 valence electrons. The molecule has 3 rings (SSSR count). The van der Waals surface area contributed by atoms with Crippen LogP contribution >= 0.6 is 0 Å². The van der Waals surface area contributed by atoms with E-state index in [-0.39, 0.29) is 12.1 Å². The van der Waals surface area contributed by atoms with E-state index in [1.54, 1.807) is 0 Å². The number of hydrogen-bond donors (Lipinski definition) is 2. The van der Waals surface area contributed by atoms with E-state index in [2.05, 4.69) is 17.4 Å². The Morgan fingerprint density at radius 2 is 2.00 bits per heavy atom. The zero-order chi connectivity index (χ0) is 12.4. The highest BCUT2D eigenvalue weighted by atomic mass is 16.5. The summed E-state index contributed by atoms with van der Waals surface area (Å²) in [5.41, 5.74) is 0.397. The summed E-state index contributed by atoms with van der Waals surface area (Å²) >= 11 is 0. The summed E-state index contributed by atoms with van der Waals surface area (Å²) in [4.78, 5) is 0. The minimum Gasteiger partial charge on any atom is -0.385 e. The third-order valence-corrected chi connectivity index (χ3v) is 4.28. The Hall–Kier alpha value is -1.06. The number of nitrogens with one attached hydrogen (secondary N) is 1. The van der Waals surface area contributed by atoms with Crippen LogP contribution in [-0.2, 0) is 4.74 Å². The Kier molecular flexibility index (Phi) is 3.27. The average molecular weight is 247 g/mol. The third-order valence-electron chi connectivity index (χ3n) is 4.28. The van der Waals surface area contributed by atoms with Gasteiger partial charge in [0.05, 0.1) is 12.1 Å². The Bertz CT molecular complexity index is 393. The molecule has 2 aliphatic rings. The van der Waals surface area contributed by atoms with Crippen molar-refractivity contribution in [3.63, 3.8) is 0 Å². The van der Waals surface area contributed by atoms with Gasteiger partial charge in [0.1, 0.15) is 5.60 Å². The van der Waals surface area contributed by atoms with Crippen LogP contribution in [0, 0.1) is 0 Å². The molecule has 3 heteroatoms. The molecule has 0 bridgehead atoms. The molecule has 0 unspecified atom stereocenters. The minimum absolute atomic E-state index is 0.0150. The van der Waals surface area contributed by atoms with Gasteiger partial charge >= 0.3 is 0 Å². The van der Waals surface area contributed by atoms with Crippen molar-refractivity contribution in [2.75, 3.05) is 11.9 Å². The van der Waals surface area contributed by atoms with Gasteiger partial charge in [-0.2, -0.15) is 0 Å². The molecule has 0 aromatic heterocycles. The molecular formula is C15H21NO2. The SMILES string of the molecule is O[C@]12CCCO[C@H]1CCC[C@H]2Nc1ccccc1. The standard InChI is InChI=1S/C15H21NO2/c17-15-10-5-11-18-14(15)9-4-8-13(15)16-12-6-2-1-3-7-12/h1-3,6-7,13-14,16-17H,4-5,8-11H2/t13-,14+,15+/m1/s1. The van der Waals surface area contributed by atoms with Gasteiger partial charge in [-0.15, -0.1) is 0 Å². The summed E-state index contributed by atoms with van der Waals surface area (Å²) in [6.45, 7) is 0.797. The lowest BCUT2D eigenvalue weighted by Gasteiger charge is -2.48.